The summed E-state index contributed by atoms with van der Waals surface area (Å²) in [6, 6.07) is 4.24. The van der Waals surface area contributed by atoms with E-state index in [1.54, 1.807) is 0 Å². The average Bonchev–Trinajstić information content (AvgIpc) is 2.49. The van der Waals surface area contributed by atoms with Gasteiger partial charge in [-0.15, -0.1) is 0 Å². The number of hydrogen-bond donors (Lipinski definition) is 0. The van der Waals surface area contributed by atoms with E-state index < -0.39 is 17.5 Å². The molecule has 0 bridgehead atoms. The number of amides is 1. The Labute approximate surface area is 129 Å². The molecule has 0 atom stereocenters. The van der Waals surface area contributed by atoms with Gasteiger partial charge in [-0.3, -0.25) is 14.8 Å². The van der Waals surface area contributed by atoms with Crippen LogP contribution in [0, 0.1) is 0 Å². The first-order chi connectivity index (χ1) is 9.84. The molecule has 1 heterocycles. The van der Waals surface area contributed by atoms with E-state index in [4.69, 9.17) is 23.2 Å². The lowest BCUT2D eigenvalue weighted by Gasteiger charge is -2.23. The number of rotatable bonds is 3. The first-order valence-electron chi connectivity index (χ1n) is 5.71. The van der Waals surface area contributed by atoms with Crippen LogP contribution in [-0.4, -0.2) is 22.9 Å². The molecule has 8 heteroatoms. The van der Waals surface area contributed by atoms with Gasteiger partial charge in [0.25, 0.3) is 0 Å². The Morgan fingerprint density at radius 2 is 2.00 bits per heavy atom. The summed E-state index contributed by atoms with van der Waals surface area (Å²) in [5, 5.41) is 0.405. The highest BCUT2D eigenvalue weighted by Crippen LogP contribution is 2.33. The molecule has 2 aromatic rings. The van der Waals surface area contributed by atoms with E-state index >= 15 is 0 Å². The molecule has 0 aliphatic rings. The Morgan fingerprint density at radius 3 is 2.62 bits per heavy atom. The molecular formula is C13H9Cl2F2N3O. The molecule has 0 saturated heterocycles. The van der Waals surface area contributed by atoms with Gasteiger partial charge in [-0.25, -0.2) is 0 Å². The SMILES string of the molecule is CN(C(=O)C(F)(F)c1cnccn1)c1cc(Cl)ccc1Cl. The zero-order valence-electron chi connectivity index (χ0n) is 10.7. The number of alkyl halides is 2. The zero-order chi connectivity index (χ0) is 15.6. The molecule has 0 spiro atoms. The minimum absolute atomic E-state index is 0.0812. The van der Waals surface area contributed by atoms with Gasteiger partial charge in [0.05, 0.1) is 16.9 Å². The van der Waals surface area contributed by atoms with Gasteiger partial charge in [0, 0.05) is 24.5 Å². The first kappa shape index (κ1) is 15.6. The van der Waals surface area contributed by atoms with E-state index in [-0.39, 0.29) is 15.7 Å². The van der Waals surface area contributed by atoms with Crippen molar-refractivity contribution in [2.24, 2.45) is 0 Å². The van der Waals surface area contributed by atoms with Crippen LogP contribution >= 0.6 is 23.2 Å². The summed E-state index contributed by atoms with van der Waals surface area (Å²) in [7, 11) is 1.18. The van der Waals surface area contributed by atoms with Crippen LogP contribution in [0.4, 0.5) is 14.5 Å². The fraction of sp³-hybridized carbons (Fsp3) is 0.154. The molecule has 0 aliphatic carbocycles. The number of carbonyl (C=O) groups excluding carboxylic acids is 1. The molecule has 1 aromatic carbocycles. The van der Waals surface area contributed by atoms with Gasteiger partial charge in [0.15, 0.2) is 0 Å². The highest BCUT2D eigenvalue weighted by molar-refractivity contribution is 6.35. The highest BCUT2D eigenvalue weighted by Gasteiger charge is 2.45. The van der Waals surface area contributed by atoms with Gasteiger partial charge in [-0.2, -0.15) is 8.78 Å². The van der Waals surface area contributed by atoms with Gasteiger partial charge in [-0.05, 0) is 18.2 Å². The van der Waals surface area contributed by atoms with Crippen molar-refractivity contribution in [1.82, 2.24) is 9.97 Å². The highest BCUT2D eigenvalue weighted by atomic mass is 35.5. The maximum absolute atomic E-state index is 14.1. The Bertz CT molecular complexity index is 668. The van der Waals surface area contributed by atoms with Gasteiger partial charge in [-0.1, -0.05) is 23.2 Å². The summed E-state index contributed by atoms with van der Waals surface area (Å²) in [5.41, 5.74) is -0.655. The van der Waals surface area contributed by atoms with Crippen molar-refractivity contribution in [2.75, 3.05) is 11.9 Å². The lowest BCUT2D eigenvalue weighted by Crippen LogP contribution is -2.40. The van der Waals surface area contributed by atoms with Crippen LogP contribution in [0.2, 0.25) is 10.0 Å². The molecule has 4 nitrogen and oxygen atoms in total. The maximum Gasteiger partial charge on any atom is 0.368 e. The van der Waals surface area contributed by atoms with Crippen molar-refractivity contribution >= 4 is 34.8 Å². The molecule has 110 valence electrons. The molecule has 0 radical (unpaired) electrons. The van der Waals surface area contributed by atoms with E-state index in [1.165, 1.54) is 31.4 Å². The summed E-state index contributed by atoms with van der Waals surface area (Å²) < 4.78 is 28.3. The molecule has 0 unspecified atom stereocenters. The largest absolute Gasteiger partial charge is 0.368 e. The Morgan fingerprint density at radius 1 is 1.29 bits per heavy atom. The number of aromatic nitrogens is 2. The third-order valence-corrected chi connectivity index (χ3v) is 3.28. The van der Waals surface area contributed by atoms with Crippen LogP contribution in [0.3, 0.4) is 0 Å². The quantitative estimate of drug-likeness (QED) is 0.864. The summed E-state index contributed by atoms with van der Waals surface area (Å²) in [5.74, 6) is -5.30. The smallest absolute Gasteiger partial charge is 0.308 e. The van der Waals surface area contributed by atoms with Crippen LogP contribution in [0.1, 0.15) is 5.69 Å². The van der Waals surface area contributed by atoms with E-state index in [0.29, 0.717) is 0 Å². The fourth-order valence-corrected chi connectivity index (χ4v) is 2.04. The number of carbonyl (C=O) groups is 1. The Kier molecular flexibility index (Phi) is 4.39. The molecule has 0 aliphatic heterocycles. The van der Waals surface area contributed by atoms with Gasteiger partial charge in [0.1, 0.15) is 5.69 Å². The second-order valence-electron chi connectivity index (χ2n) is 4.12. The van der Waals surface area contributed by atoms with Crippen LogP contribution in [-0.2, 0) is 10.7 Å². The summed E-state index contributed by atoms with van der Waals surface area (Å²) in [6.07, 6.45) is 3.16. The van der Waals surface area contributed by atoms with E-state index in [1.807, 2.05) is 0 Å². The molecule has 0 saturated carbocycles. The van der Waals surface area contributed by atoms with Crippen molar-refractivity contribution < 1.29 is 13.6 Å². The van der Waals surface area contributed by atoms with Crippen molar-refractivity contribution in [1.29, 1.82) is 0 Å². The Balaban J connectivity index is 2.37. The van der Waals surface area contributed by atoms with Crippen LogP contribution < -0.4 is 4.90 Å². The molecular weight excluding hydrogens is 323 g/mol. The summed E-state index contributed by atoms with van der Waals surface area (Å²) in [6.45, 7) is 0. The lowest BCUT2D eigenvalue weighted by atomic mass is 10.2. The van der Waals surface area contributed by atoms with Gasteiger partial charge in [0.2, 0.25) is 0 Å². The van der Waals surface area contributed by atoms with E-state index in [9.17, 15) is 13.6 Å². The second-order valence-corrected chi connectivity index (χ2v) is 4.97. The molecule has 1 aromatic heterocycles. The monoisotopic (exact) mass is 331 g/mol. The number of anilines is 1. The summed E-state index contributed by atoms with van der Waals surface area (Å²) >= 11 is 11.7. The number of likely N-dealkylation sites (N-methyl/N-ethyl adjacent to an activating group) is 1. The lowest BCUT2D eigenvalue weighted by molar-refractivity contribution is -0.144. The van der Waals surface area contributed by atoms with Crippen LogP contribution in [0.15, 0.2) is 36.8 Å². The number of nitrogens with zero attached hydrogens (tertiary/aromatic N) is 3. The van der Waals surface area contributed by atoms with Crippen molar-refractivity contribution in [3.8, 4) is 0 Å². The normalized spacial score (nSPS) is 11.3. The molecule has 2 rings (SSSR count). The van der Waals surface area contributed by atoms with Gasteiger partial charge < -0.3 is 4.90 Å². The zero-order valence-corrected chi connectivity index (χ0v) is 12.2. The summed E-state index contributed by atoms with van der Waals surface area (Å²) in [4.78, 5) is 19.8. The minimum atomic E-state index is -3.82. The fourth-order valence-electron chi connectivity index (χ4n) is 1.63. The number of halogens is 4. The Hall–Kier alpha value is -1.79. The number of hydrogen-bond acceptors (Lipinski definition) is 3. The topological polar surface area (TPSA) is 46.1 Å². The first-order valence-corrected chi connectivity index (χ1v) is 6.47. The number of benzene rings is 1. The molecule has 0 N–H and O–H groups in total. The molecule has 21 heavy (non-hydrogen) atoms. The third-order valence-electron chi connectivity index (χ3n) is 2.73. The van der Waals surface area contributed by atoms with Gasteiger partial charge >= 0.3 is 11.8 Å². The maximum atomic E-state index is 14.1. The van der Waals surface area contributed by atoms with Crippen molar-refractivity contribution in [2.45, 2.75) is 5.92 Å². The average molecular weight is 332 g/mol. The third kappa shape index (κ3) is 3.11. The van der Waals surface area contributed by atoms with Crippen molar-refractivity contribution in [3.63, 3.8) is 0 Å². The van der Waals surface area contributed by atoms with Crippen LogP contribution in [0.5, 0.6) is 0 Å². The molecule has 0 fully saturated rings. The minimum Gasteiger partial charge on any atom is -0.308 e. The predicted molar refractivity (Wildman–Crippen MR) is 75.8 cm³/mol. The van der Waals surface area contributed by atoms with E-state index in [0.717, 1.165) is 17.3 Å². The van der Waals surface area contributed by atoms with Crippen molar-refractivity contribution in [3.05, 3.63) is 52.5 Å². The van der Waals surface area contributed by atoms with E-state index in [2.05, 4.69) is 9.97 Å². The van der Waals surface area contributed by atoms with Crippen LogP contribution in [0.25, 0.3) is 0 Å². The predicted octanol–water partition coefficient (Wildman–Crippen LogP) is 3.54. The standard InChI is InChI=1S/C13H9Cl2F2N3O/c1-20(10-6-8(14)2-3-9(10)15)12(21)13(16,17)11-7-18-4-5-19-11/h2-7H,1H3. The molecule has 1 amide bonds. The second kappa shape index (κ2) is 5.91.